The summed E-state index contributed by atoms with van der Waals surface area (Å²) >= 11 is 0. The van der Waals surface area contributed by atoms with Gasteiger partial charge >= 0.3 is 0 Å². The first-order valence-corrected chi connectivity index (χ1v) is 4.60. The Labute approximate surface area is 82.5 Å². The Bertz CT molecular complexity index is 434. The van der Waals surface area contributed by atoms with E-state index >= 15 is 0 Å². The van der Waals surface area contributed by atoms with Crippen LogP contribution >= 0.6 is 0 Å². The van der Waals surface area contributed by atoms with Crippen LogP contribution < -0.4 is 10.5 Å². The van der Waals surface area contributed by atoms with E-state index < -0.39 is 0 Å². The first-order chi connectivity index (χ1) is 6.83. The third-order valence-electron chi connectivity index (χ3n) is 2.17. The fourth-order valence-corrected chi connectivity index (χ4v) is 1.46. The van der Waals surface area contributed by atoms with Gasteiger partial charge in [-0.3, -0.25) is 0 Å². The molecule has 1 heterocycles. The number of nitrogens with two attached hydrogens (primary N) is 1. The van der Waals surface area contributed by atoms with Crippen molar-refractivity contribution in [2.45, 2.75) is 6.42 Å². The highest BCUT2D eigenvalue weighted by molar-refractivity contribution is 5.79. The lowest BCUT2D eigenvalue weighted by molar-refractivity contribution is 0.414. The Balaban J connectivity index is 2.43. The van der Waals surface area contributed by atoms with Gasteiger partial charge in [0.1, 0.15) is 17.1 Å². The molecule has 0 amide bonds. The predicted molar refractivity (Wildman–Crippen MR) is 55.5 cm³/mol. The lowest BCUT2D eigenvalue weighted by Gasteiger charge is -1.96. The number of rotatable bonds is 3. The molecule has 74 valence electrons. The Hall–Kier alpha value is -1.48. The molecule has 14 heavy (non-hydrogen) atoms. The van der Waals surface area contributed by atoms with Gasteiger partial charge in [-0.25, -0.2) is 0 Å². The summed E-state index contributed by atoms with van der Waals surface area (Å²) in [6.45, 7) is 0.608. The first kappa shape index (κ1) is 9.09. The molecule has 0 saturated carbocycles. The molecular weight excluding hydrogens is 178 g/mol. The molecule has 1 aromatic heterocycles. The number of methoxy groups -OCH3 is 1. The van der Waals surface area contributed by atoms with Gasteiger partial charge in [-0.05, 0) is 24.7 Å². The van der Waals surface area contributed by atoms with Gasteiger partial charge in [0, 0.05) is 17.9 Å². The molecule has 0 fully saturated rings. The van der Waals surface area contributed by atoms with E-state index in [1.165, 1.54) is 0 Å². The molecular formula is C11H13NO2. The largest absolute Gasteiger partial charge is 0.497 e. The lowest BCUT2D eigenvalue weighted by atomic mass is 10.2. The van der Waals surface area contributed by atoms with Crippen LogP contribution in [0.3, 0.4) is 0 Å². The smallest absolute Gasteiger partial charge is 0.137 e. The molecule has 0 aliphatic rings. The van der Waals surface area contributed by atoms with Crippen molar-refractivity contribution in [1.82, 2.24) is 0 Å². The minimum atomic E-state index is 0.608. The van der Waals surface area contributed by atoms with Crippen LogP contribution in [-0.4, -0.2) is 13.7 Å². The van der Waals surface area contributed by atoms with Gasteiger partial charge in [0.05, 0.1) is 7.11 Å². The molecule has 0 unspecified atom stereocenters. The van der Waals surface area contributed by atoms with E-state index in [1.54, 1.807) is 7.11 Å². The number of hydrogen-bond acceptors (Lipinski definition) is 3. The molecule has 1 aromatic carbocycles. The molecule has 3 nitrogen and oxygen atoms in total. The second-order valence-corrected chi connectivity index (χ2v) is 3.16. The predicted octanol–water partition coefficient (Wildman–Crippen LogP) is 1.94. The van der Waals surface area contributed by atoms with Crippen LogP contribution in [0.25, 0.3) is 11.0 Å². The molecule has 2 aromatic rings. The number of hydrogen-bond donors (Lipinski definition) is 1. The minimum Gasteiger partial charge on any atom is -0.497 e. The van der Waals surface area contributed by atoms with E-state index in [9.17, 15) is 0 Å². The Morgan fingerprint density at radius 3 is 2.93 bits per heavy atom. The average molecular weight is 191 g/mol. The molecule has 2 N–H and O–H groups in total. The second-order valence-electron chi connectivity index (χ2n) is 3.16. The highest BCUT2D eigenvalue weighted by Gasteiger charge is 2.03. The molecule has 0 spiro atoms. The zero-order valence-corrected chi connectivity index (χ0v) is 8.12. The highest BCUT2D eigenvalue weighted by Crippen LogP contribution is 2.24. The van der Waals surface area contributed by atoms with Crippen LogP contribution in [0.5, 0.6) is 5.75 Å². The molecule has 0 aliphatic carbocycles. The summed E-state index contributed by atoms with van der Waals surface area (Å²) in [6.07, 6.45) is 0.775. The van der Waals surface area contributed by atoms with E-state index in [2.05, 4.69) is 0 Å². The van der Waals surface area contributed by atoms with Gasteiger partial charge in [-0.2, -0.15) is 0 Å². The van der Waals surface area contributed by atoms with Gasteiger partial charge in [0.25, 0.3) is 0 Å². The topological polar surface area (TPSA) is 48.4 Å². The zero-order valence-electron chi connectivity index (χ0n) is 8.12. The van der Waals surface area contributed by atoms with Crippen LogP contribution in [0.4, 0.5) is 0 Å². The van der Waals surface area contributed by atoms with Gasteiger partial charge < -0.3 is 14.9 Å². The first-order valence-electron chi connectivity index (χ1n) is 4.60. The summed E-state index contributed by atoms with van der Waals surface area (Å²) in [6, 6.07) is 7.80. The quantitative estimate of drug-likeness (QED) is 0.806. The second kappa shape index (κ2) is 3.72. The number of furan rings is 1. The van der Waals surface area contributed by atoms with Crippen LogP contribution in [0.15, 0.2) is 28.7 Å². The molecule has 2 rings (SSSR count). The van der Waals surface area contributed by atoms with Gasteiger partial charge in [0.2, 0.25) is 0 Å². The summed E-state index contributed by atoms with van der Waals surface area (Å²) in [7, 11) is 1.64. The van der Waals surface area contributed by atoms with Crippen LogP contribution in [-0.2, 0) is 6.42 Å². The monoisotopic (exact) mass is 191 g/mol. The fourth-order valence-electron chi connectivity index (χ4n) is 1.46. The van der Waals surface area contributed by atoms with Crippen molar-refractivity contribution in [2.24, 2.45) is 5.73 Å². The maximum absolute atomic E-state index is 5.59. The van der Waals surface area contributed by atoms with E-state index in [0.717, 1.165) is 28.9 Å². The number of fused-ring (bicyclic) bond motifs is 1. The van der Waals surface area contributed by atoms with Crippen LogP contribution in [0.1, 0.15) is 5.76 Å². The number of ether oxygens (including phenoxy) is 1. The molecule has 0 bridgehead atoms. The van der Waals surface area contributed by atoms with Crippen molar-refractivity contribution >= 4 is 11.0 Å². The van der Waals surface area contributed by atoms with E-state index in [0.29, 0.717) is 6.54 Å². The SMILES string of the molecule is COc1ccc2cc(CCN)oc2c1. The molecule has 0 radical (unpaired) electrons. The summed E-state index contributed by atoms with van der Waals surface area (Å²) < 4.78 is 10.7. The standard InChI is InChI=1S/C11H13NO2/c1-13-9-3-2-8-6-10(4-5-12)14-11(8)7-9/h2-3,6-7H,4-5,12H2,1H3. The van der Waals surface area contributed by atoms with Crippen molar-refractivity contribution in [1.29, 1.82) is 0 Å². The van der Waals surface area contributed by atoms with Crippen molar-refractivity contribution in [3.05, 3.63) is 30.0 Å². The highest BCUT2D eigenvalue weighted by atomic mass is 16.5. The third-order valence-corrected chi connectivity index (χ3v) is 2.17. The summed E-state index contributed by atoms with van der Waals surface area (Å²) in [5, 5.41) is 1.09. The summed E-state index contributed by atoms with van der Waals surface area (Å²) in [5.74, 6) is 1.74. The molecule has 0 saturated heterocycles. The molecule has 0 atom stereocenters. The Morgan fingerprint density at radius 2 is 2.21 bits per heavy atom. The van der Waals surface area contributed by atoms with Gasteiger partial charge in [-0.15, -0.1) is 0 Å². The summed E-state index contributed by atoms with van der Waals surface area (Å²) in [4.78, 5) is 0. The minimum absolute atomic E-state index is 0.608. The molecule has 0 aliphatic heterocycles. The Morgan fingerprint density at radius 1 is 1.36 bits per heavy atom. The van der Waals surface area contributed by atoms with Crippen molar-refractivity contribution in [3.63, 3.8) is 0 Å². The summed E-state index contributed by atoms with van der Waals surface area (Å²) in [5.41, 5.74) is 6.31. The van der Waals surface area contributed by atoms with Crippen molar-refractivity contribution in [2.75, 3.05) is 13.7 Å². The third kappa shape index (κ3) is 1.59. The Kier molecular flexibility index (Phi) is 2.41. The van der Waals surface area contributed by atoms with Crippen molar-refractivity contribution in [3.8, 4) is 5.75 Å². The average Bonchev–Trinajstić information content (AvgIpc) is 2.59. The fraction of sp³-hybridized carbons (Fsp3) is 0.273. The maximum atomic E-state index is 5.59. The van der Waals surface area contributed by atoms with E-state index in [1.807, 2.05) is 24.3 Å². The van der Waals surface area contributed by atoms with Gasteiger partial charge in [-0.1, -0.05) is 0 Å². The maximum Gasteiger partial charge on any atom is 0.137 e. The van der Waals surface area contributed by atoms with E-state index in [-0.39, 0.29) is 0 Å². The lowest BCUT2D eigenvalue weighted by Crippen LogP contribution is -2.01. The van der Waals surface area contributed by atoms with E-state index in [4.69, 9.17) is 14.9 Å². The zero-order chi connectivity index (χ0) is 9.97. The van der Waals surface area contributed by atoms with Crippen LogP contribution in [0.2, 0.25) is 0 Å². The number of benzene rings is 1. The van der Waals surface area contributed by atoms with Gasteiger partial charge in [0.15, 0.2) is 0 Å². The van der Waals surface area contributed by atoms with Crippen molar-refractivity contribution < 1.29 is 9.15 Å². The van der Waals surface area contributed by atoms with Crippen LogP contribution in [0, 0.1) is 0 Å². The normalized spacial score (nSPS) is 10.7. The molecule has 3 heteroatoms.